The van der Waals surface area contributed by atoms with E-state index in [1.54, 1.807) is 19.1 Å². The number of anilines is 1. The molecule has 2 rings (SSSR count). The van der Waals surface area contributed by atoms with Gasteiger partial charge >= 0.3 is 0 Å². The minimum Gasteiger partial charge on any atom is -0.324 e. The number of nitrogens with one attached hydrogen (secondary N) is 1. The number of aryl methyl sites for hydroxylation is 1. The van der Waals surface area contributed by atoms with Crippen molar-refractivity contribution < 1.29 is 12.8 Å². The van der Waals surface area contributed by atoms with Gasteiger partial charge in [0.1, 0.15) is 5.82 Å². The summed E-state index contributed by atoms with van der Waals surface area (Å²) in [7, 11) is -3.70. The van der Waals surface area contributed by atoms with E-state index in [4.69, 9.17) is 5.73 Å². The zero-order valence-corrected chi connectivity index (χ0v) is 12.6. The van der Waals surface area contributed by atoms with Gasteiger partial charge in [-0.3, -0.25) is 4.72 Å². The van der Waals surface area contributed by atoms with E-state index in [1.807, 2.05) is 6.92 Å². The molecule has 0 bridgehead atoms. The molecule has 0 aliphatic carbocycles. The van der Waals surface area contributed by atoms with Crippen LogP contribution in [-0.2, 0) is 10.0 Å². The highest BCUT2D eigenvalue weighted by molar-refractivity contribution is 7.92. The normalized spacial score (nSPS) is 13.0. The third-order valence-corrected chi connectivity index (χ3v) is 4.52. The Bertz CT molecular complexity index is 741. The van der Waals surface area contributed by atoms with Gasteiger partial charge in [0, 0.05) is 11.7 Å². The standard InChI is InChI=1S/C15H17FN2O2S/c1-10-9-13(5-8-15(10)16)18-21(19,20)14-6-3-12(4-7-14)11(2)17/h3-9,11,18H,17H2,1-2H3. The van der Waals surface area contributed by atoms with Gasteiger partial charge < -0.3 is 5.73 Å². The molecule has 2 aromatic carbocycles. The van der Waals surface area contributed by atoms with E-state index in [0.717, 1.165) is 5.56 Å². The van der Waals surface area contributed by atoms with E-state index in [0.29, 0.717) is 11.3 Å². The van der Waals surface area contributed by atoms with Crippen molar-refractivity contribution in [2.45, 2.75) is 24.8 Å². The molecule has 0 aliphatic heterocycles. The first-order valence-corrected chi connectivity index (χ1v) is 7.92. The second-order valence-electron chi connectivity index (χ2n) is 4.93. The molecule has 0 heterocycles. The average molecular weight is 308 g/mol. The van der Waals surface area contributed by atoms with Crippen LogP contribution in [0.25, 0.3) is 0 Å². The van der Waals surface area contributed by atoms with Gasteiger partial charge in [-0.15, -0.1) is 0 Å². The van der Waals surface area contributed by atoms with Crippen LogP contribution in [0.3, 0.4) is 0 Å². The smallest absolute Gasteiger partial charge is 0.261 e. The summed E-state index contributed by atoms with van der Waals surface area (Å²) in [5, 5.41) is 0. The van der Waals surface area contributed by atoms with Gasteiger partial charge in [-0.25, -0.2) is 12.8 Å². The topological polar surface area (TPSA) is 72.2 Å². The van der Waals surface area contributed by atoms with Gasteiger partial charge in [-0.1, -0.05) is 12.1 Å². The number of rotatable bonds is 4. The summed E-state index contributed by atoms with van der Waals surface area (Å²) < 4.78 is 40.1. The van der Waals surface area contributed by atoms with Crippen LogP contribution in [0.4, 0.5) is 10.1 Å². The Morgan fingerprint density at radius 1 is 1.14 bits per heavy atom. The van der Waals surface area contributed by atoms with Crippen molar-refractivity contribution in [3.05, 3.63) is 59.4 Å². The lowest BCUT2D eigenvalue weighted by atomic mass is 10.1. The van der Waals surface area contributed by atoms with Crippen LogP contribution >= 0.6 is 0 Å². The third-order valence-electron chi connectivity index (χ3n) is 3.13. The molecule has 0 amide bonds. The predicted octanol–water partition coefficient (Wildman–Crippen LogP) is 2.95. The maximum Gasteiger partial charge on any atom is 0.261 e. The van der Waals surface area contributed by atoms with Crippen LogP contribution in [-0.4, -0.2) is 8.42 Å². The lowest BCUT2D eigenvalue weighted by molar-refractivity contribution is 0.600. The third kappa shape index (κ3) is 3.59. The Labute approximate surface area is 123 Å². The molecule has 0 spiro atoms. The second-order valence-corrected chi connectivity index (χ2v) is 6.61. The molecular weight excluding hydrogens is 291 g/mol. The molecule has 4 nitrogen and oxygen atoms in total. The van der Waals surface area contributed by atoms with Crippen molar-refractivity contribution in [3.63, 3.8) is 0 Å². The summed E-state index contributed by atoms with van der Waals surface area (Å²) in [6.07, 6.45) is 0. The summed E-state index contributed by atoms with van der Waals surface area (Å²) >= 11 is 0. The Morgan fingerprint density at radius 2 is 1.76 bits per heavy atom. The van der Waals surface area contributed by atoms with Gasteiger partial charge in [0.2, 0.25) is 0 Å². The van der Waals surface area contributed by atoms with Gasteiger partial charge in [0.05, 0.1) is 4.90 Å². The summed E-state index contributed by atoms with van der Waals surface area (Å²) in [5.41, 5.74) is 7.28. The fourth-order valence-corrected chi connectivity index (χ4v) is 2.92. The molecular formula is C15H17FN2O2S. The largest absolute Gasteiger partial charge is 0.324 e. The Hall–Kier alpha value is -1.92. The van der Waals surface area contributed by atoms with Crippen molar-refractivity contribution in [2.75, 3.05) is 4.72 Å². The molecule has 21 heavy (non-hydrogen) atoms. The summed E-state index contributed by atoms with van der Waals surface area (Å²) in [4.78, 5) is 0.133. The SMILES string of the molecule is Cc1cc(NS(=O)(=O)c2ccc(C(C)N)cc2)ccc1F. The highest BCUT2D eigenvalue weighted by atomic mass is 32.2. The van der Waals surface area contributed by atoms with E-state index in [-0.39, 0.29) is 16.8 Å². The van der Waals surface area contributed by atoms with Gasteiger partial charge in [-0.05, 0) is 55.3 Å². The number of hydrogen-bond acceptors (Lipinski definition) is 3. The molecule has 1 unspecified atom stereocenters. The number of hydrogen-bond donors (Lipinski definition) is 2. The van der Waals surface area contributed by atoms with Gasteiger partial charge in [-0.2, -0.15) is 0 Å². The molecule has 0 aromatic heterocycles. The van der Waals surface area contributed by atoms with Crippen molar-refractivity contribution in [1.82, 2.24) is 0 Å². The second kappa shape index (κ2) is 5.83. The van der Waals surface area contributed by atoms with Crippen molar-refractivity contribution in [3.8, 4) is 0 Å². The molecule has 0 radical (unpaired) electrons. The predicted molar refractivity (Wildman–Crippen MR) is 81.0 cm³/mol. The van der Waals surface area contributed by atoms with E-state index >= 15 is 0 Å². The maximum absolute atomic E-state index is 13.2. The number of sulfonamides is 1. The Kier molecular flexibility index (Phi) is 4.29. The number of benzene rings is 2. The van der Waals surface area contributed by atoms with Crippen LogP contribution < -0.4 is 10.5 Å². The fraction of sp³-hybridized carbons (Fsp3) is 0.200. The molecule has 0 aliphatic rings. The molecule has 0 fully saturated rings. The molecule has 6 heteroatoms. The molecule has 112 valence electrons. The van der Waals surface area contributed by atoms with Crippen molar-refractivity contribution in [1.29, 1.82) is 0 Å². The maximum atomic E-state index is 13.2. The van der Waals surface area contributed by atoms with Crippen LogP contribution in [0, 0.1) is 12.7 Å². The zero-order chi connectivity index (χ0) is 15.6. The van der Waals surface area contributed by atoms with E-state index in [2.05, 4.69) is 4.72 Å². The van der Waals surface area contributed by atoms with Crippen LogP contribution in [0.2, 0.25) is 0 Å². The minimum atomic E-state index is -3.70. The zero-order valence-electron chi connectivity index (χ0n) is 11.8. The fourth-order valence-electron chi connectivity index (χ4n) is 1.87. The first kappa shape index (κ1) is 15.5. The Balaban J connectivity index is 2.27. The molecule has 1 atom stereocenters. The lowest BCUT2D eigenvalue weighted by Crippen LogP contribution is -2.13. The average Bonchev–Trinajstić information content (AvgIpc) is 2.43. The Morgan fingerprint density at radius 3 is 2.29 bits per heavy atom. The van der Waals surface area contributed by atoms with E-state index < -0.39 is 10.0 Å². The highest BCUT2D eigenvalue weighted by Crippen LogP contribution is 2.20. The summed E-state index contributed by atoms with van der Waals surface area (Å²) in [6, 6.07) is 10.2. The quantitative estimate of drug-likeness (QED) is 0.912. The van der Waals surface area contributed by atoms with Crippen molar-refractivity contribution >= 4 is 15.7 Å². The molecule has 2 aromatic rings. The van der Waals surface area contributed by atoms with E-state index in [1.165, 1.54) is 30.3 Å². The van der Waals surface area contributed by atoms with Crippen LogP contribution in [0.15, 0.2) is 47.4 Å². The summed E-state index contributed by atoms with van der Waals surface area (Å²) in [5.74, 6) is -0.376. The molecule has 0 saturated carbocycles. The van der Waals surface area contributed by atoms with Crippen LogP contribution in [0.5, 0.6) is 0 Å². The number of nitrogens with two attached hydrogens (primary N) is 1. The van der Waals surface area contributed by atoms with Crippen LogP contribution in [0.1, 0.15) is 24.1 Å². The molecule has 3 N–H and O–H groups in total. The van der Waals surface area contributed by atoms with Gasteiger partial charge in [0.25, 0.3) is 10.0 Å². The number of halogens is 1. The highest BCUT2D eigenvalue weighted by Gasteiger charge is 2.15. The van der Waals surface area contributed by atoms with Crippen molar-refractivity contribution in [2.24, 2.45) is 5.73 Å². The van der Waals surface area contributed by atoms with Gasteiger partial charge in [0.15, 0.2) is 0 Å². The lowest BCUT2D eigenvalue weighted by Gasteiger charge is -2.10. The monoisotopic (exact) mass is 308 g/mol. The first-order valence-electron chi connectivity index (χ1n) is 6.44. The first-order chi connectivity index (χ1) is 9.79. The summed E-state index contributed by atoms with van der Waals surface area (Å²) in [6.45, 7) is 3.40. The minimum absolute atomic E-state index is 0.133. The molecule has 0 saturated heterocycles. The van der Waals surface area contributed by atoms with E-state index in [9.17, 15) is 12.8 Å².